The van der Waals surface area contributed by atoms with E-state index in [4.69, 9.17) is 0 Å². The van der Waals surface area contributed by atoms with E-state index in [0.717, 1.165) is 24.1 Å². The molecule has 1 aromatic rings. The molecule has 3 heterocycles. The minimum atomic E-state index is 0. The molecule has 1 aromatic heterocycles. The van der Waals surface area contributed by atoms with Crippen LogP contribution in [0.1, 0.15) is 42.0 Å². The molecular formula is C19H35IN6S. The summed E-state index contributed by atoms with van der Waals surface area (Å²) >= 11 is 1.74. The van der Waals surface area contributed by atoms with Gasteiger partial charge in [-0.2, -0.15) is 0 Å². The number of halogens is 1. The molecule has 2 aliphatic rings. The second-order valence-corrected chi connectivity index (χ2v) is 9.04. The van der Waals surface area contributed by atoms with Crippen molar-refractivity contribution in [3.8, 4) is 0 Å². The van der Waals surface area contributed by atoms with E-state index in [2.05, 4.69) is 44.4 Å². The maximum Gasteiger partial charge on any atom is 0.191 e. The first-order valence-corrected chi connectivity index (χ1v) is 10.7. The topological polar surface area (TPSA) is 55.8 Å². The van der Waals surface area contributed by atoms with Gasteiger partial charge in [-0.15, -0.1) is 35.3 Å². The van der Waals surface area contributed by atoms with Gasteiger partial charge < -0.3 is 15.5 Å². The molecule has 2 aliphatic heterocycles. The molecule has 0 amide bonds. The van der Waals surface area contributed by atoms with Crippen molar-refractivity contribution in [2.24, 2.45) is 4.99 Å². The van der Waals surface area contributed by atoms with Crippen LogP contribution in [-0.2, 0) is 6.54 Å². The predicted molar refractivity (Wildman–Crippen MR) is 125 cm³/mol. The number of piperidine rings is 2. The van der Waals surface area contributed by atoms with Crippen LogP contribution in [0, 0.1) is 6.92 Å². The highest BCUT2D eigenvalue weighted by Crippen LogP contribution is 2.30. The third-order valence-electron chi connectivity index (χ3n) is 5.83. The Morgan fingerprint density at radius 1 is 1.19 bits per heavy atom. The summed E-state index contributed by atoms with van der Waals surface area (Å²) in [6.45, 7) is 8.66. The fourth-order valence-corrected chi connectivity index (χ4v) is 4.85. The van der Waals surface area contributed by atoms with Crippen LogP contribution in [0.15, 0.2) is 11.2 Å². The number of guanidine groups is 1. The number of hydrogen-bond donors (Lipinski definition) is 2. The van der Waals surface area contributed by atoms with E-state index >= 15 is 0 Å². The molecular weight excluding hydrogens is 471 g/mol. The molecule has 154 valence electrons. The molecule has 0 spiro atoms. The monoisotopic (exact) mass is 506 g/mol. The van der Waals surface area contributed by atoms with Gasteiger partial charge in [0.2, 0.25) is 0 Å². The minimum absolute atomic E-state index is 0. The van der Waals surface area contributed by atoms with Gasteiger partial charge in [-0.05, 0) is 65.8 Å². The number of rotatable bonds is 5. The largest absolute Gasteiger partial charge is 0.355 e. The molecule has 2 N–H and O–H groups in total. The van der Waals surface area contributed by atoms with Gasteiger partial charge in [0.1, 0.15) is 5.01 Å². The second-order valence-electron chi connectivity index (χ2n) is 7.72. The Labute approximate surface area is 185 Å². The molecule has 0 saturated carbocycles. The Morgan fingerprint density at radius 2 is 1.89 bits per heavy atom. The summed E-state index contributed by atoms with van der Waals surface area (Å²) in [7, 11) is 4.09. The van der Waals surface area contributed by atoms with E-state index in [1.807, 2.05) is 13.2 Å². The van der Waals surface area contributed by atoms with Gasteiger partial charge in [0.05, 0.1) is 6.54 Å². The molecule has 0 aliphatic carbocycles. The summed E-state index contributed by atoms with van der Waals surface area (Å²) in [6.07, 6.45) is 8.47. The Balaban J connectivity index is 0.00000261. The zero-order valence-electron chi connectivity index (χ0n) is 17.0. The van der Waals surface area contributed by atoms with Gasteiger partial charge >= 0.3 is 0 Å². The van der Waals surface area contributed by atoms with Crippen LogP contribution in [0.2, 0.25) is 0 Å². The first-order chi connectivity index (χ1) is 12.6. The molecule has 0 bridgehead atoms. The fourth-order valence-electron chi connectivity index (χ4n) is 4.12. The van der Waals surface area contributed by atoms with Gasteiger partial charge in [-0.1, -0.05) is 6.42 Å². The molecule has 27 heavy (non-hydrogen) atoms. The average Bonchev–Trinajstić information content (AvgIpc) is 3.09. The van der Waals surface area contributed by atoms with Gasteiger partial charge in [0.15, 0.2) is 5.96 Å². The van der Waals surface area contributed by atoms with Crippen molar-refractivity contribution in [1.82, 2.24) is 25.4 Å². The van der Waals surface area contributed by atoms with Crippen LogP contribution in [0.4, 0.5) is 0 Å². The highest BCUT2D eigenvalue weighted by Gasteiger charge is 2.39. The Hall–Kier alpha value is -0.450. The highest BCUT2D eigenvalue weighted by atomic mass is 127. The first kappa shape index (κ1) is 22.8. The number of aromatic nitrogens is 1. The smallest absolute Gasteiger partial charge is 0.191 e. The third-order valence-corrected chi connectivity index (χ3v) is 6.74. The molecule has 8 heteroatoms. The molecule has 6 nitrogen and oxygen atoms in total. The number of aryl methyl sites for hydroxylation is 1. The number of thiazole rings is 1. The lowest BCUT2D eigenvalue weighted by Gasteiger charge is -2.50. The van der Waals surface area contributed by atoms with E-state index in [-0.39, 0.29) is 29.5 Å². The molecule has 0 radical (unpaired) electrons. The number of hydrogen-bond acceptors (Lipinski definition) is 5. The maximum absolute atomic E-state index is 4.43. The molecule has 2 fully saturated rings. The zero-order chi connectivity index (χ0) is 18.4. The van der Waals surface area contributed by atoms with Crippen LogP contribution in [0.25, 0.3) is 0 Å². The summed E-state index contributed by atoms with van der Waals surface area (Å²) in [5, 5.41) is 8.16. The normalized spacial score (nSPS) is 21.5. The summed E-state index contributed by atoms with van der Waals surface area (Å²) < 4.78 is 0. The van der Waals surface area contributed by atoms with Gasteiger partial charge in [-0.3, -0.25) is 9.89 Å². The van der Waals surface area contributed by atoms with Crippen molar-refractivity contribution < 1.29 is 0 Å². The van der Waals surface area contributed by atoms with Crippen molar-refractivity contribution >= 4 is 41.3 Å². The Morgan fingerprint density at radius 3 is 2.48 bits per heavy atom. The van der Waals surface area contributed by atoms with E-state index in [1.165, 1.54) is 63.2 Å². The summed E-state index contributed by atoms with van der Waals surface area (Å²) in [5.74, 6) is 0.883. The molecule has 0 unspecified atom stereocenters. The van der Waals surface area contributed by atoms with Crippen molar-refractivity contribution in [2.45, 2.75) is 51.1 Å². The molecule has 2 saturated heterocycles. The summed E-state index contributed by atoms with van der Waals surface area (Å²) in [5.41, 5.74) is 0.266. The minimum Gasteiger partial charge on any atom is -0.355 e. The van der Waals surface area contributed by atoms with Crippen LogP contribution < -0.4 is 10.6 Å². The number of likely N-dealkylation sites (tertiary alicyclic amines) is 2. The van der Waals surface area contributed by atoms with Crippen LogP contribution in [-0.4, -0.2) is 73.1 Å². The third kappa shape index (κ3) is 6.27. The van der Waals surface area contributed by atoms with Crippen molar-refractivity contribution in [3.05, 3.63) is 16.1 Å². The van der Waals surface area contributed by atoms with Crippen molar-refractivity contribution in [2.75, 3.05) is 46.8 Å². The van der Waals surface area contributed by atoms with Gasteiger partial charge in [-0.25, -0.2) is 4.98 Å². The lowest BCUT2D eigenvalue weighted by molar-refractivity contribution is 0.0173. The zero-order valence-corrected chi connectivity index (χ0v) is 20.1. The van der Waals surface area contributed by atoms with E-state index in [1.54, 1.807) is 11.3 Å². The second kappa shape index (κ2) is 10.9. The summed E-state index contributed by atoms with van der Waals surface area (Å²) in [6, 6.07) is 0. The maximum atomic E-state index is 4.43. The molecule has 0 atom stereocenters. The lowest BCUT2D eigenvalue weighted by Crippen LogP contribution is -2.62. The Kier molecular flexibility index (Phi) is 9.24. The number of nitrogens with one attached hydrogen (secondary N) is 2. The highest BCUT2D eigenvalue weighted by molar-refractivity contribution is 14.0. The molecule has 3 rings (SSSR count). The Bertz CT molecular complexity index is 591. The molecule has 0 aromatic carbocycles. The van der Waals surface area contributed by atoms with Crippen LogP contribution in [0.3, 0.4) is 0 Å². The predicted octanol–water partition coefficient (Wildman–Crippen LogP) is 2.68. The van der Waals surface area contributed by atoms with Crippen LogP contribution in [0.5, 0.6) is 0 Å². The standard InChI is InChI=1S/C19H34N6S.HI/c1-16-13-21-17(26-16)14-22-18(20-2)23-15-19(7-11-24(3)12-8-19)25-9-5-4-6-10-25;/h13H,4-12,14-15H2,1-3H3,(H2,20,22,23);1H. The number of aliphatic imine (C=N–C) groups is 1. The quantitative estimate of drug-likeness (QED) is 0.366. The fraction of sp³-hybridized carbons (Fsp3) is 0.789. The van der Waals surface area contributed by atoms with Crippen LogP contribution >= 0.6 is 35.3 Å². The van der Waals surface area contributed by atoms with E-state index < -0.39 is 0 Å². The SMILES string of the molecule is CN=C(NCc1ncc(C)s1)NCC1(N2CCCCC2)CCN(C)CC1.I. The van der Waals surface area contributed by atoms with Gasteiger partial charge in [0, 0.05) is 30.2 Å². The van der Waals surface area contributed by atoms with E-state index in [9.17, 15) is 0 Å². The first-order valence-electron chi connectivity index (χ1n) is 9.91. The summed E-state index contributed by atoms with van der Waals surface area (Å²) in [4.78, 5) is 15.3. The van der Waals surface area contributed by atoms with Crippen molar-refractivity contribution in [3.63, 3.8) is 0 Å². The number of nitrogens with zero attached hydrogens (tertiary/aromatic N) is 4. The average molecular weight is 507 g/mol. The van der Waals surface area contributed by atoms with Gasteiger partial charge in [0.25, 0.3) is 0 Å². The lowest BCUT2D eigenvalue weighted by atomic mass is 9.84. The van der Waals surface area contributed by atoms with Crippen molar-refractivity contribution in [1.29, 1.82) is 0 Å². The van der Waals surface area contributed by atoms with E-state index in [0.29, 0.717) is 0 Å².